The number of hydrogen-bond donors (Lipinski definition) is 1. The Morgan fingerprint density at radius 2 is 2.12 bits per heavy atom. The maximum atomic E-state index is 9.88. The van der Waals surface area contributed by atoms with Crippen molar-refractivity contribution in [3.63, 3.8) is 0 Å². The third kappa shape index (κ3) is 5.43. The maximum absolute atomic E-state index is 9.88. The van der Waals surface area contributed by atoms with Crippen LogP contribution in [0.15, 0.2) is 0 Å². The lowest BCUT2D eigenvalue weighted by Gasteiger charge is -1.94. The van der Waals surface area contributed by atoms with E-state index in [2.05, 4.69) is 0 Å². The summed E-state index contributed by atoms with van der Waals surface area (Å²) >= 11 is 0. The summed E-state index contributed by atoms with van der Waals surface area (Å²) in [6.45, 7) is 0.620. The molecule has 0 unspecified atom stereocenters. The zero-order chi connectivity index (χ0) is 6.57. The number of nitrogens with zero attached hydrogens (tertiary/aromatic N) is 1. The summed E-state index contributed by atoms with van der Waals surface area (Å²) in [4.78, 5) is 11.7. The summed E-state index contributed by atoms with van der Waals surface area (Å²) in [6, 6.07) is 0. The van der Waals surface area contributed by atoms with Crippen molar-refractivity contribution in [3.05, 3.63) is 0 Å². The largest absolute Gasteiger partial charge is 0.481 e. The topological polar surface area (TPSA) is 43.2 Å². The molecule has 1 N–H and O–H groups in total. The van der Waals surface area contributed by atoms with E-state index in [1.807, 2.05) is 19.0 Å². The summed E-state index contributed by atoms with van der Waals surface area (Å²) in [5.74, 6) is -0.737. The van der Waals surface area contributed by atoms with Crippen LogP contribution in [0.5, 0.6) is 0 Å². The average Bonchev–Trinajstić information content (AvgIpc) is 1.61. The Bertz CT molecular complexity index is 80.5. The molecule has 0 amide bonds. The van der Waals surface area contributed by atoms with Gasteiger partial charge in [0.15, 0.2) is 0 Å². The summed E-state index contributed by atoms with van der Waals surface area (Å²) in [5, 5.41) is 8.14. The van der Waals surface area contributed by atoms with Crippen LogP contribution in [-0.4, -0.2) is 31.7 Å². The average molecular weight is 117 g/mol. The summed E-state index contributed by atoms with van der Waals surface area (Å²) < 4.78 is 0. The highest BCUT2D eigenvalue weighted by molar-refractivity contribution is 5.66. The maximum Gasteiger partial charge on any atom is 0.309 e. The Morgan fingerprint density at radius 1 is 1.62 bits per heavy atom. The standard InChI is InChI=1S/C5H11NO2/c1-6(2)4-3-5(7)8/h3-4H2,1-2H3,(H,7,8)/q+1. The van der Waals surface area contributed by atoms with Gasteiger partial charge in [-0.05, 0) is 0 Å². The molecule has 3 nitrogen and oxygen atoms in total. The molecule has 0 aliphatic carbocycles. The van der Waals surface area contributed by atoms with E-state index in [1.165, 1.54) is 0 Å². The highest BCUT2D eigenvalue weighted by Gasteiger charge is 2.02. The van der Waals surface area contributed by atoms with Crippen LogP contribution in [-0.2, 0) is 4.79 Å². The Hall–Kier alpha value is -0.570. The van der Waals surface area contributed by atoms with Gasteiger partial charge in [-0.3, -0.25) is 4.79 Å². The van der Waals surface area contributed by atoms with Gasteiger partial charge in [0.1, 0.15) is 20.6 Å². The van der Waals surface area contributed by atoms with E-state index in [0.717, 1.165) is 0 Å². The van der Waals surface area contributed by atoms with Crippen LogP contribution in [0, 0.1) is 0 Å². The van der Waals surface area contributed by atoms with Gasteiger partial charge in [0, 0.05) is 0 Å². The molecule has 0 fully saturated rings. The molecule has 0 aromatic carbocycles. The van der Waals surface area contributed by atoms with Gasteiger partial charge >= 0.3 is 5.97 Å². The Labute approximate surface area is 48.9 Å². The molecule has 0 atom stereocenters. The van der Waals surface area contributed by atoms with E-state index in [9.17, 15) is 4.79 Å². The van der Waals surface area contributed by atoms with Crippen LogP contribution >= 0.6 is 0 Å². The predicted molar refractivity (Wildman–Crippen MR) is 31.1 cm³/mol. The minimum absolute atomic E-state index is 0.229. The molecule has 0 heterocycles. The van der Waals surface area contributed by atoms with Crippen molar-refractivity contribution in [1.82, 2.24) is 4.90 Å². The van der Waals surface area contributed by atoms with E-state index in [0.29, 0.717) is 6.54 Å². The molecule has 0 aromatic rings. The first-order valence-corrected chi connectivity index (χ1v) is 2.49. The number of aliphatic carboxylic acids is 1. The van der Waals surface area contributed by atoms with Crippen LogP contribution in [0.25, 0.3) is 0 Å². The first-order chi connectivity index (χ1) is 3.63. The fraction of sp³-hybridized carbons (Fsp3) is 0.800. The quantitative estimate of drug-likeness (QED) is 0.523. The van der Waals surface area contributed by atoms with E-state index in [1.54, 1.807) is 0 Å². The fourth-order valence-electron chi connectivity index (χ4n) is 0.319. The number of rotatable bonds is 3. The van der Waals surface area contributed by atoms with Gasteiger partial charge in [0.2, 0.25) is 0 Å². The molecule has 0 bridgehead atoms. The van der Waals surface area contributed by atoms with Crippen molar-refractivity contribution in [2.24, 2.45) is 0 Å². The summed E-state index contributed by atoms with van der Waals surface area (Å²) in [5.41, 5.74) is 0. The fourth-order valence-corrected chi connectivity index (χ4v) is 0.319. The Kier molecular flexibility index (Phi) is 3.19. The molecule has 0 aliphatic rings. The normalized spacial score (nSPS) is 9.88. The number of carboxylic acid groups (broad SMARTS) is 1. The lowest BCUT2D eigenvalue weighted by atomic mass is 10.4. The van der Waals surface area contributed by atoms with Crippen molar-refractivity contribution >= 4 is 5.97 Å². The van der Waals surface area contributed by atoms with Crippen LogP contribution in [0.4, 0.5) is 0 Å². The third-order valence-corrected chi connectivity index (χ3v) is 0.773. The van der Waals surface area contributed by atoms with Gasteiger partial charge in [0.05, 0.1) is 6.42 Å². The van der Waals surface area contributed by atoms with Gasteiger partial charge in [-0.15, -0.1) is 0 Å². The summed E-state index contributed by atoms with van der Waals surface area (Å²) in [6.07, 6.45) is 0.229. The zero-order valence-corrected chi connectivity index (χ0v) is 5.22. The second-order valence-corrected chi connectivity index (χ2v) is 1.95. The van der Waals surface area contributed by atoms with Crippen molar-refractivity contribution in [2.45, 2.75) is 6.42 Å². The molecule has 0 spiro atoms. The zero-order valence-electron chi connectivity index (χ0n) is 5.22. The van der Waals surface area contributed by atoms with E-state index in [-0.39, 0.29) is 6.42 Å². The van der Waals surface area contributed by atoms with E-state index < -0.39 is 5.97 Å². The highest BCUT2D eigenvalue weighted by atomic mass is 16.4. The van der Waals surface area contributed by atoms with Crippen molar-refractivity contribution in [1.29, 1.82) is 0 Å². The monoisotopic (exact) mass is 117 g/mol. The molecule has 0 saturated carbocycles. The molecular weight excluding hydrogens is 106 g/mol. The van der Waals surface area contributed by atoms with Crippen molar-refractivity contribution < 1.29 is 9.90 Å². The van der Waals surface area contributed by atoms with Crippen molar-refractivity contribution in [3.8, 4) is 0 Å². The Morgan fingerprint density at radius 3 is 2.25 bits per heavy atom. The Balaban J connectivity index is 3.05. The first kappa shape index (κ1) is 7.43. The van der Waals surface area contributed by atoms with Crippen LogP contribution in [0.1, 0.15) is 6.42 Å². The minimum atomic E-state index is -0.737. The van der Waals surface area contributed by atoms with Crippen LogP contribution in [0.2, 0.25) is 0 Å². The number of carboxylic acids is 1. The number of carbonyl (C=O) groups is 1. The third-order valence-electron chi connectivity index (χ3n) is 0.773. The van der Waals surface area contributed by atoms with Crippen LogP contribution in [0.3, 0.4) is 0 Å². The molecule has 3 heteroatoms. The second-order valence-electron chi connectivity index (χ2n) is 1.95. The first-order valence-electron chi connectivity index (χ1n) is 2.49. The predicted octanol–water partition coefficient (Wildman–Crippen LogP) is -0.139. The van der Waals surface area contributed by atoms with Gasteiger partial charge < -0.3 is 5.11 Å². The molecule has 47 valence electrons. The molecule has 0 aromatic heterocycles. The van der Waals surface area contributed by atoms with Gasteiger partial charge in [-0.2, -0.15) is 4.90 Å². The van der Waals surface area contributed by atoms with Gasteiger partial charge in [-0.25, -0.2) is 0 Å². The lowest BCUT2D eigenvalue weighted by molar-refractivity contribution is -0.137. The second kappa shape index (κ2) is 3.43. The molecule has 0 rings (SSSR count). The van der Waals surface area contributed by atoms with Crippen molar-refractivity contribution in [2.75, 3.05) is 20.6 Å². The number of hydrogen-bond acceptors (Lipinski definition) is 2. The van der Waals surface area contributed by atoms with Gasteiger partial charge in [0.25, 0.3) is 0 Å². The van der Waals surface area contributed by atoms with Gasteiger partial charge in [-0.1, -0.05) is 0 Å². The molecular formula is C5H11NO2+. The van der Waals surface area contributed by atoms with E-state index in [4.69, 9.17) is 5.11 Å². The molecule has 0 aliphatic heterocycles. The molecule has 8 heavy (non-hydrogen) atoms. The molecule has 1 radical (unpaired) electrons. The SMILES string of the molecule is C[N+](C)CCC(=O)O. The van der Waals surface area contributed by atoms with Crippen LogP contribution < -0.4 is 4.90 Å². The minimum Gasteiger partial charge on any atom is -0.481 e. The summed E-state index contributed by atoms with van der Waals surface area (Å²) in [7, 11) is 3.70. The molecule has 0 saturated heterocycles. The smallest absolute Gasteiger partial charge is 0.309 e. The lowest BCUT2D eigenvalue weighted by Crippen LogP contribution is -2.21. The highest BCUT2D eigenvalue weighted by Crippen LogP contribution is 1.77. The van der Waals surface area contributed by atoms with E-state index >= 15 is 0 Å².